The molecule has 0 saturated heterocycles. The van der Waals surface area contributed by atoms with Crippen LogP contribution >= 0.6 is 165 Å². The van der Waals surface area contributed by atoms with E-state index in [2.05, 4.69) is 179 Å². The second kappa shape index (κ2) is 81.7. The van der Waals surface area contributed by atoms with Crippen LogP contribution in [-0.2, 0) is 65.1 Å². The zero-order valence-electron chi connectivity index (χ0n) is 80.4. The molecule has 0 atom stereocenters. The largest absolute Gasteiger partial charge is 0.496 e. The Morgan fingerprint density at radius 3 is 0.899 bits per heavy atom. The highest BCUT2D eigenvalue weighted by molar-refractivity contribution is 14.1. The number of urea groups is 9. The third-order valence-corrected chi connectivity index (χ3v) is 26.4. The van der Waals surface area contributed by atoms with E-state index in [-0.39, 0.29) is 108 Å². The van der Waals surface area contributed by atoms with Gasteiger partial charge in [-0.25, -0.2) is 82.7 Å². The first-order chi connectivity index (χ1) is 70.7. The maximum atomic E-state index is 12.6. The maximum absolute atomic E-state index is 12.6. The van der Waals surface area contributed by atoms with Crippen LogP contribution in [-0.4, -0.2) is 187 Å². The maximum Gasteiger partial charge on any atom is 0.417 e. The molecule has 816 valence electrons. The molecule has 0 spiro atoms. The molecule has 18 amide bonds. The van der Waals surface area contributed by atoms with Gasteiger partial charge in [-0.1, -0.05) is 209 Å². The molecule has 0 aromatic heterocycles. The fraction of sp³-hybridized carbons (Fsp3) is 0.344. The van der Waals surface area contributed by atoms with Gasteiger partial charge < -0.3 is 105 Å². The number of hydrogen-bond acceptors (Lipinski definition) is 11. The fourth-order valence-corrected chi connectivity index (χ4v) is 14.6. The lowest BCUT2D eigenvalue weighted by Gasteiger charge is -2.13. The molecule has 148 heavy (non-hydrogen) atoms. The molecule has 18 N–H and O–H groups in total. The topological polar surface area (TPSA) is 389 Å². The van der Waals surface area contributed by atoms with Crippen LogP contribution in [0, 0.1) is 31.5 Å². The first-order valence-electron chi connectivity index (χ1n) is 44.2. The van der Waals surface area contributed by atoms with Crippen molar-refractivity contribution in [2.45, 2.75) is 85.9 Å². The van der Waals surface area contributed by atoms with Gasteiger partial charge >= 0.3 is 60.5 Å². The van der Waals surface area contributed by atoms with Crippen LogP contribution in [0.5, 0.6) is 11.5 Å². The Kier molecular flexibility index (Phi) is 75.0. The van der Waals surface area contributed by atoms with Crippen LogP contribution < -0.4 is 105 Å². The van der Waals surface area contributed by atoms with Crippen LogP contribution in [0.2, 0.25) is 35.2 Å². The summed E-state index contributed by atoms with van der Waals surface area (Å²) < 4.78 is 158. The molecule has 9 aromatic rings. The molecular weight excluding hydrogens is 2520 g/mol. The monoisotopic (exact) mass is 2630 g/mol. The van der Waals surface area contributed by atoms with Crippen molar-refractivity contribution in [2.24, 2.45) is 0 Å². The van der Waals surface area contributed by atoms with Crippen LogP contribution in [0.4, 0.5) is 95.8 Å². The van der Waals surface area contributed by atoms with Crippen molar-refractivity contribution in [1.82, 2.24) is 95.7 Å². The van der Waals surface area contributed by atoms with Gasteiger partial charge in [-0.15, -0.1) is 0 Å². The van der Waals surface area contributed by atoms with E-state index in [9.17, 15) is 95.8 Å². The number of rotatable bonds is 38. The number of carbonyl (C=O) groups is 9. The minimum Gasteiger partial charge on any atom is -0.496 e. The fourth-order valence-electron chi connectivity index (χ4n) is 11.0. The van der Waals surface area contributed by atoms with Crippen molar-refractivity contribution < 1.29 is 105 Å². The Morgan fingerprint density at radius 2 is 0.527 bits per heavy atom. The molecular formula is C96H115BrCl7F12I3N18O11. The number of hydrogen-bond donors (Lipinski definition) is 18. The van der Waals surface area contributed by atoms with E-state index in [1.807, 2.05) is 130 Å². The zero-order chi connectivity index (χ0) is 111. The average Bonchev–Trinajstić information content (AvgIpc) is 0.816. The summed E-state index contributed by atoms with van der Waals surface area (Å²) in [5.41, 5.74) is 9.14. The van der Waals surface area contributed by atoms with Gasteiger partial charge in [0.15, 0.2) is 0 Å². The highest BCUT2D eigenvalue weighted by Crippen LogP contribution is 2.37. The number of nitrogens with one attached hydrogen (secondary N) is 18. The molecule has 9 aromatic carbocycles. The number of carbonyl (C=O) groups excluding carboxylic acids is 9. The van der Waals surface area contributed by atoms with Gasteiger partial charge in [0.25, 0.3) is 0 Å². The zero-order valence-corrected chi connectivity index (χ0v) is 93.8. The molecule has 29 nitrogen and oxygen atoms in total. The lowest BCUT2D eigenvalue weighted by atomic mass is 10.1. The first-order valence-corrected chi connectivity index (χ1v) is 50.9. The summed E-state index contributed by atoms with van der Waals surface area (Å²) in [6.45, 7) is 3.06. The summed E-state index contributed by atoms with van der Waals surface area (Å²) in [5.74, 6) is 1.29. The van der Waals surface area contributed by atoms with Gasteiger partial charge in [0, 0.05) is 154 Å². The lowest BCUT2D eigenvalue weighted by Crippen LogP contribution is -2.36. The van der Waals surface area contributed by atoms with Crippen LogP contribution in [0.15, 0.2) is 174 Å². The summed E-state index contributed by atoms with van der Waals surface area (Å²) in [6.07, 6.45) is -4.55. The molecule has 0 bridgehead atoms. The number of para-hydroxylation sites is 2. The lowest BCUT2D eigenvalue weighted by molar-refractivity contribution is -0.137. The molecule has 0 fully saturated rings. The summed E-state index contributed by atoms with van der Waals surface area (Å²) in [6, 6.07) is 46.0. The number of halogens is 23. The molecule has 0 saturated carbocycles. The van der Waals surface area contributed by atoms with Crippen LogP contribution in [0.1, 0.15) is 72.3 Å². The Morgan fingerprint density at radius 1 is 0.270 bits per heavy atom. The van der Waals surface area contributed by atoms with Crippen LogP contribution in [0.3, 0.4) is 0 Å². The predicted molar refractivity (Wildman–Crippen MR) is 587 cm³/mol. The Bertz CT molecular complexity index is 5020. The van der Waals surface area contributed by atoms with Crippen molar-refractivity contribution in [3.05, 3.63) is 293 Å². The van der Waals surface area contributed by atoms with Crippen molar-refractivity contribution in [3.8, 4) is 11.5 Å². The molecule has 0 heterocycles. The number of ether oxygens (including phenoxy) is 2. The Hall–Kier alpha value is -10.1. The van der Waals surface area contributed by atoms with Crippen molar-refractivity contribution in [3.63, 3.8) is 0 Å². The highest BCUT2D eigenvalue weighted by atomic mass is 127. The standard InChI is InChI=1S/C12H17FN2O2.C11H11ClF4N2O.C11H14ClFN2O2.2C11H14ClFN2O.C10H11BrClFN2O.C10H11Cl2FN2O.C10H11FI2N2O.C10H12FIN2O/c1-9-4-3-5-10(11(9)17-2)8-15-12(16)14-7-6-13;12-9-7(6-18-10(19)17-5-4-13)2-1-3-8(9)11(14,15)16;1-17-10-8(3-2-4-9(10)12)7-15-11(16)14-6-5-13;1-8-9(3-2-4-10(8)12)7-15-11(16)14-6-5-13;1-8-3-2-4-9(10(8)12)7-15-11(16)14-6-5-13;2*11-8-3-1-2-7(9(8)12)6-15-10(16)14-5-4-13;11-4-5-14-10(16)15-6-7-2-1-3-8(12)9(7)13;11-5-6-13-10(15)14-7-8-3-1-2-4-9(8)12/h3-5H,6-8H2,1-2H3,(H2,14,15,16);1-3H,4-6H2,(H2,17,18,19);2-4H,5-7H2,1H3,(H2,14,15,16);2*2-4H,5-7H2,1H3,(H2,14,15,16);3*1-3H,4-6H2,(H2,14,15,16);1-4H,5-7H2,(H2,13,14,15). The summed E-state index contributed by atoms with van der Waals surface area (Å²) in [7, 11) is 3.10. The summed E-state index contributed by atoms with van der Waals surface area (Å²) in [4.78, 5) is 100. The quantitative estimate of drug-likeness (QED) is 0.0127. The van der Waals surface area contributed by atoms with E-state index in [0.29, 0.717) is 80.7 Å². The Labute approximate surface area is 935 Å². The average molecular weight is 2630 g/mol. The normalized spacial score (nSPS) is 10.1. The van der Waals surface area contributed by atoms with E-state index in [1.165, 1.54) is 19.2 Å². The molecule has 52 heteroatoms. The van der Waals surface area contributed by atoms with Crippen molar-refractivity contribution in [2.75, 3.05) is 133 Å². The van der Waals surface area contributed by atoms with Gasteiger partial charge in [0.1, 0.15) is 71.6 Å². The Balaban J connectivity index is 0.000000833. The van der Waals surface area contributed by atoms with Gasteiger partial charge in [-0.05, 0) is 203 Å². The number of aryl methyl sites for hydroxylation is 2. The molecule has 0 radical (unpaired) electrons. The van der Waals surface area contributed by atoms with E-state index >= 15 is 0 Å². The third kappa shape index (κ3) is 59.5. The molecule has 0 aliphatic carbocycles. The predicted octanol–water partition coefficient (Wildman–Crippen LogP) is 22.2. The van der Waals surface area contributed by atoms with Crippen molar-refractivity contribution in [1.29, 1.82) is 0 Å². The van der Waals surface area contributed by atoms with Gasteiger partial charge in [0.2, 0.25) is 0 Å². The smallest absolute Gasteiger partial charge is 0.417 e. The molecule has 0 aliphatic rings. The van der Waals surface area contributed by atoms with Crippen LogP contribution in [0.25, 0.3) is 0 Å². The van der Waals surface area contributed by atoms with E-state index in [4.69, 9.17) is 90.7 Å². The summed E-state index contributed by atoms with van der Waals surface area (Å²) >= 11 is 51.2. The highest BCUT2D eigenvalue weighted by Gasteiger charge is 2.34. The number of benzene rings is 9. The number of methoxy groups -OCH3 is 2. The van der Waals surface area contributed by atoms with Crippen molar-refractivity contribution >= 4 is 219 Å². The second-order valence-corrected chi connectivity index (χ2v) is 36.0. The minimum atomic E-state index is -4.55. The van der Waals surface area contributed by atoms with E-state index in [0.717, 1.165) is 82.6 Å². The SMILES string of the molecule is COc1c(C)cccc1CNC(=O)NCCF.COc1c(Cl)cccc1CNC(=O)NCCF.Cc1c(Cl)cccc1CNC(=O)NCCF.Cc1cccc(CNC(=O)NCCF)c1Cl.O=C(NCCF)NCc1cccc(Br)c1Cl.O=C(NCCF)NCc1cccc(C(F)(F)F)c1Cl.O=C(NCCF)NCc1cccc(Cl)c1Cl.O=C(NCCF)NCc1cccc(I)c1I.O=C(NCCF)NCc1ccccc1I. The molecule has 9 rings (SSSR count). The third-order valence-electron chi connectivity index (χ3n) is 18.2. The van der Waals surface area contributed by atoms with Gasteiger partial charge in [-0.3, -0.25) is 0 Å². The van der Waals surface area contributed by atoms with E-state index in [1.54, 1.807) is 49.6 Å². The molecule has 0 aliphatic heterocycles. The van der Waals surface area contributed by atoms with E-state index < -0.39 is 107 Å². The summed E-state index contributed by atoms with van der Waals surface area (Å²) in [5, 5.41) is 47.1. The molecule has 0 unspecified atom stereocenters. The van der Waals surface area contributed by atoms with Gasteiger partial charge in [0.05, 0.1) is 44.9 Å². The second-order valence-electron chi connectivity index (χ2n) is 29.0. The minimum absolute atomic E-state index is 0.00147. The number of amides is 18. The number of alkyl halides is 12. The first kappa shape index (κ1) is 136. The van der Waals surface area contributed by atoms with Gasteiger partial charge in [-0.2, -0.15) is 13.2 Å².